The summed E-state index contributed by atoms with van der Waals surface area (Å²) in [5, 5.41) is 0. The van der Waals surface area contributed by atoms with Crippen LogP contribution in [0.3, 0.4) is 0 Å². The molecule has 0 radical (unpaired) electrons. The van der Waals surface area contributed by atoms with E-state index in [4.69, 9.17) is 0 Å². The summed E-state index contributed by atoms with van der Waals surface area (Å²) in [4.78, 5) is 26.4. The Bertz CT molecular complexity index is 507. The van der Waals surface area contributed by atoms with Crippen LogP contribution in [0, 0.1) is 11.8 Å². The van der Waals surface area contributed by atoms with Crippen LogP contribution >= 0.6 is 0 Å². The third-order valence-electron chi connectivity index (χ3n) is 4.82. The van der Waals surface area contributed by atoms with Gasteiger partial charge in [-0.3, -0.25) is 9.59 Å². The van der Waals surface area contributed by atoms with Gasteiger partial charge in [-0.25, -0.2) is 0 Å². The van der Waals surface area contributed by atoms with Crippen LogP contribution in [0.4, 0.5) is 0 Å². The third-order valence-corrected chi connectivity index (χ3v) is 4.82. The van der Waals surface area contributed by atoms with Gasteiger partial charge in [0, 0.05) is 24.8 Å². The molecule has 0 bridgehead atoms. The van der Waals surface area contributed by atoms with Crippen molar-refractivity contribution in [2.24, 2.45) is 11.8 Å². The first-order chi connectivity index (χ1) is 9.66. The average Bonchev–Trinajstić information content (AvgIpc) is 2.79. The number of carbonyl (C=O) groups excluding carboxylic acids is 2. The summed E-state index contributed by atoms with van der Waals surface area (Å²) < 4.78 is 0. The first-order valence-electron chi connectivity index (χ1n) is 7.55. The highest BCUT2D eigenvalue weighted by Crippen LogP contribution is 2.35. The normalized spacial score (nSPS) is 24.6. The molecule has 1 saturated heterocycles. The Balaban J connectivity index is 1.69. The molecule has 106 valence electrons. The number of Topliss-reactive ketones (excluding diaryl/α,β-unsaturated/α-hetero) is 1. The number of amides is 1. The number of hydrogen-bond donors (Lipinski definition) is 0. The second-order valence-electron chi connectivity index (χ2n) is 6.06. The summed E-state index contributed by atoms with van der Waals surface area (Å²) in [5.74, 6) is 0.616. The van der Waals surface area contributed by atoms with E-state index in [2.05, 4.69) is 0 Å². The molecule has 1 amide bonds. The minimum absolute atomic E-state index is 0.0582. The van der Waals surface area contributed by atoms with E-state index in [0.29, 0.717) is 18.7 Å². The third kappa shape index (κ3) is 2.37. The zero-order valence-electron chi connectivity index (χ0n) is 11.9. The van der Waals surface area contributed by atoms with Crippen molar-refractivity contribution in [2.45, 2.75) is 38.6 Å². The number of hydrogen-bond acceptors (Lipinski definition) is 2. The first kappa shape index (κ1) is 13.3. The fourth-order valence-electron chi connectivity index (χ4n) is 3.23. The van der Waals surface area contributed by atoms with Crippen LogP contribution in [0.1, 0.15) is 44.2 Å². The lowest BCUT2D eigenvalue weighted by Gasteiger charge is -2.28. The van der Waals surface area contributed by atoms with Gasteiger partial charge in [0.1, 0.15) is 5.78 Å². The maximum Gasteiger partial charge on any atom is 0.223 e. The smallest absolute Gasteiger partial charge is 0.223 e. The Morgan fingerprint density at radius 1 is 1.20 bits per heavy atom. The van der Waals surface area contributed by atoms with Gasteiger partial charge in [-0.2, -0.15) is 0 Å². The fraction of sp³-hybridized carbons (Fsp3) is 0.529. The van der Waals surface area contributed by atoms with Crippen LogP contribution in [0.25, 0.3) is 0 Å². The molecule has 3 heteroatoms. The molecular formula is C17H21NO2. The zero-order chi connectivity index (χ0) is 14.1. The Labute approximate surface area is 120 Å². The molecule has 1 aromatic carbocycles. The molecule has 1 saturated carbocycles. The molecule has 2 aliphatic rings. The predicted octanol–water partition coefficient (Wildman–Crippen LogP) is 2.97. The molecule has 2 atom stereocenters. The highest BCUT2D eigenvalue weighted by Gasteiger charge is 2.40. The molecule has 0 unspecified atom stereocenters. The summed E-state index contributed by atoms with van der Waals surface area (Å²) in [6, 6.07) is 10.1. The fourth-order valence-corrected chi connectivity index (χ4v) is 3.23. The monoisotopic (exact) mass is 271 g/mol. The number of carbonyl (C=O) groups is 2. The van der Waals surface area contributed by atoms with E-state index in [1.54, 1.807) is 0 Å². The standard InChI is InChI=1S/C17H21NO2/c1-12(13-6-3-2-4-7-13)18-11-15(10-16(18)19)17(20)14-8-5-9-14/h2-4,6-7,12,14-15H,5,8-11H2,1H3/t12-,15+/m0/s1. The van der Waals surface area contributed by atoms with Crippen molar-refractivity contribution < 1.29 is 9.59 Å². The molecule has 1 aliphatic heterocycles. The Morgan fingerprint density at radius 2 is 1.90 bits per heavy atom. The minimum atomic E-state index is -0.0704. The van der Waals surface area contributed by atoms with Crippen LogP contribution in [-0.2, 0) is 9.59 Å². The molecule has 0 aromatic heterocycles. The van der Waals surface area contributed by atoms with E-state index in [-0.39, 0.29) is 23.8 Å². The van der Waals surface area contributed by atoms with Crippen molar-refractivity contribution in [1.29, 1.82) is 0 Å². The lowest BCUT2D eigenvalue weighted by Crippen LogP contribution is -2.32. The van der Waals surface area contributed by atoms with Gasteiger partial charge < -0.3 is 4.90 Å². The van der Waals surface area contributed by atoms with Crippen LogP contribution in [0.5, 0.6) is 0 Å². The van der Waals surface area contributed by atoms with Gasteiger partial charge in [-0.05, 0) is 25.3 Å². The Hall–Kier alpha value is -1.64. The lowest BCUT2D eigenvalue weighted by atomic mass is 9.77. The maximum atomic E-state index is 12.3. The summed E-state index contributed by atoms with van der Waals surface area (Å²) in [6.45, 7) is 2.65. The second kappa shape index (κ2) is 5.39. The topological polar surface area (TPSA) is 37.4 Å². The molecule has 1 aromatic rings. The molecular weight excluding hydrogens is 250 g/mol. The van der Waals surface area contributed by atoms with Crippen LogP contribution < -0.4 is 0 Å². The van der Waals surface area contributed by atoms with E-state index in [1.807, 2.05) is 42.2 Å². The largest absolute Gasteiger partial charge is 0.335 e. The number of benzene rings is 1. The Morgan fingerprint density at radius 3 is 2.50 bits per heavy atom. The first-order valence-corrected chi connectivity index (χ1v) is 7.55. The number of rotatable bonds is 4. The predicted molar refractivity (Wildman–Crippen MR) is 77.0 cm³/mol. The molecule has 3 rings (SSSR count). The van der Waals surface area contributed by atoms with E-state index in [9.17, 15) is 9.59 Å². The molecule has 1 heterocycles. The molecule has 1 aliphatic carbocycles. The second-order valence-corrected chi connectivity index (χ2v) is 6.06. The average molecular weight is 271 g/mol. The zero-order valence-corrected chi connectivity index (χ0v) is 11.9. The van der Waals surface area contributed by atoms with Gasteiger partial charge in [0.25, 0.3) is 0 Å². The van der Waals surface area contributed by atoms with Gasteiger partial charge in [-0.15, -0.1) is 0 Å². The summed E-state index contributed by atoms with van der Waals surface area (Å²) in [7, 11) is 0. The molecule has 0 N–H and O–H groups in total. The number of ketones is 1. The van der Waals surface area contributed by atoms with Gasteiger partial charge >= 0.3 is 0 Å². The van der Waals surface area contributed by atoms with Crippen molar-refractivity contribution in [1.82, 2.24) is 4.90 Å². The SMILES string of the molecule is C[C@@H](c1ccccc1)N1C[C@H](C(=O)C2CCC2)CC1=O. The van der Waals surface area contributed by atoms with E-state index >= 15 is 0 Å². The molecule has 3 nitrogen and oxygen atoms in total. The summed E-state index contributed by atoms with van der Waals surface area (Å²) in [5.41, 5.74) is 1.14. The quantitative estimate of drug-likeness (QED) is 0.844. The molecule has 20 heavy (non-hydrogen) atoms. The summed E-state index contributed by atoms with van der Waals surface area (Å²) in [6.07, 6.45) is 3.63. The minimum Gasteiger partial charge on any atom is -0.335 e. The van der Waals surface area contributed by atoms with Gasteiger partial charge in [0.05, 0.1) is 6.04 Å². The number of likely N-dealkylation sites (tertiary alicyclic amines) is 1. The van der Waals surface area contributed by atoms with Crippen LogP contribution in [0.2, 0.25) is 0 Å². The van der Waals surface area contributed by atoms with Crippen molar-refractivity contribution in [3.8, 4) is 0 Å². The summed E-state index contributed by atoms with van der Waals surface area (Å²) >= 11 is 0. The van der Waals surface area contributed by atoms with Gasteiger partial charge in [-0.1, -0.05) is 36.8 Å². The highest BCUT2D eigenvalue weighted by atomic mass is 16.2. The van der Waals surface area contributed by atoms with Crippen LogP contribution in [-0.4, -0.2) is 23.1 Å². The molecule has 0 spiro atoms. The number of nitrogens with zero attached hydrogens (tertiary/aromatic N) is 1. The van der Waals surface area contributed by atoms with Crippen molar-refractivity contribution in [3.63, 3.8) is 0 Å². The van der Waals surface area contributed by atoms with Crippen molar-refractivity contribution in [3.05, 3.63) is 35.9 Å². The maximum absolute atomic E-state index is 12.3. The Kier molecular flexibility index (Phi) is 3.60. The lowest BCUT2D eigenvalue weighted by molar-refractivity contribution is -0.131. The van der Waals surface area contributed by atoms with Gasteiger partial charge in [0.2, 0.25) is 5.91 Å². The van der Waals surface area contributed by atoms with Crippen molar-refractivity contribution >= 4 is 11.7 Å². The van der Waals surface area contributed by atoms with Crippen LogP contribution in [0.15, 0.2) is 30.3 Å². The van der Waals surface area contributed by atoms with E-state index in [1.165, 1.54) is 6.42 Å². The van der Waals surface area contributed by atoms with E-state index in [0.717, 1.165) is 18.4 Å². The molecule has 2 fully saturated rings. The highest BCUT2D eigenvalue weighted by molar-refractivity contribution is 5.92. The van der Waals surface area contributed by atoms with Crippen molar-refractivity contribution in [2.75, 3.05) is 6.54 Å². The van der Waals surface area contributed by atoms with Gasteiger partial charge in [0.15, 0.2) is 0 Å². The van der Waals surface area contributed by atoms with E-state index < -0.39 is 0 Å².